The molecule has 1 atom stereocenters. The molecule has 1 heterocycles. The van der Waals surface area contributed by atoms with E-state index in [1.54, 1.807) is 0 Å². The average molecular weight is 201 g/mol. The fourth-order valence-electron chi connectivity index (χ4n) is 1.39. The fraction of sp³-hybridized carbons (Fsp3) is 0.909. The van der Waals surface area contributed by atoms with E-state index in [0.717, 1.165) is 12.5 Å². The molecule has 1 saturated heterocycles. The number of amides is 1. The molecule has 0 aromatic rings. The van der Waals surface area contributed by atoms with Gasteiger partial charge in [0.15, 0.2) is 0 Å². The van der Waals surface area contributed by atoms with E-state index in [0.29, 0.717) is 6.10 Å². The van der Waals surface area contributed by atoms with Crippen molar-refractivity contribution in [2.75, 3.05) is 6.61 Å². The topological polar surface area (TPSA) is 52.3 Å². The van der Waals surface area contributed by atoms with Gasteiger partial charge >= 0.3 is 0 Å². The van der Waals surface area contributed by atoms with Gasteiger partial charge in [0.2, 0.25) is 5.91 Å². The molecule has 1 rings (SSSR count). The van der Waals surface area contributed by atoms with Crippen LogP contribution >= 0.6 is 0 Å². The number of carbonyl (C=O) groups excluding carboxylic acids is 1. The van der Waals surface area contributed by atoms with Crippen molar-refractivity contribution in [3.05, 3.63) is 0 Å². The van der Waals surface area contributed by atoms with Crippen LogP contribution < -0.4 is 5.73 Å². The number of rotatable bonds is 3. The largest absolute Gasteiger partial charge is 0.378 e. The SMILES string of the molecule is CC(C)CCC1CCCO1.CC(N)=O. The second kappa shape index (κ2) is 7.80. The molecule has 1 aliphatic rings. The quantitative estimate of drug-likeness (QED) is 0.760. The molecule has 84 valence electrons. The van der Waals surface area contributed by atoms with Gasteiger partial charge in [0.05, 0.1) is 6.10 Å². The number of hydrogen-bond acceptors (Lipinski definition) is 2. The number of carbonyl (C=O) groups is 1. The molecule has 3 heteroatoms. The maximum absolute atomic E-state index is 9.22. The van der Waals surface area contributed by atoms with Crippen molar-refractivity contribution >= 4 is 5.91 Å². The van der Waals surface area contributed by atoms with Gasteiger partial charge in [0.25, 0.3) is 0 Å². The molecule has 0 aromatic heterocycles. The van der Waals surface area contributed by atoms with Crippen molar-refractivity contribution < 1.29 is 9.53 Å². The molecule has 0 saturated carbocycles. The minimum atomic E-state index is -0.333. The van der Waals surface area contributed by atoms with Crippen molar-refractivity contribution in [3.63, 3.8) is 0 Å². The second-order valence-electron chi connectivity index (χ2n) is 4.22. The van der Waals surface area contributed by atoms with Crippen LogP contribution in [0.25, 0.3) is 0 Å². The van der Waals surface area contributed by atoms with Gasteiger partial charge in [-0.15, -0.1) is 0 Å². The molecule has 0 spiro atoms. The lowest BCUT2D eigenvalue weighted by Crippen LogP contribution is -2.05. The Hall–Kier alpha value is -0.570. The van der Waals surface area contributed by atoms with Crippen LogP contribution in [0.1, 0.15) is 46.5 Å². The average Bonchev–Trinajstić information content (AvgIpc) is 2.51. The number of hydrogen-bond donors (Lipinski definition) is 1. The van der Waals surface area contributed by atoms with Gasteiger partial charge in [-0.3, -0.25) is 4.79 Å². The maximum atomic E-state index is 9.22. The Morgan fingerprint density at radius 3 is 2.50 bits per heavy atom. The Kier molecular flexibility index (Phi) is 7.48. The highest BCUT2D eigenvalue weighted by molar-refractivity contribution is 5.70. The summed E-state index contributed by atoms with van der Waals surface area (Å²) in [4.78, 5) is 9.22. The molecule has 0 radical (unpaired) electrons. The molecule has 3 nitrogen and oxygen atoms in total. The fourth-order valence-corrected chi connectivity index (χ4v) is 1.39. The van der Waals surface area contributed by atoms with E-state index in [1.165, 1.54) is 32.6 Å². The van der Waals surface area contributed by atoms with E-state index in [9.17, 15) is 4.79 Å². The summed E-state index contributed by atoms with van der Waals surface area (Å²) in [6.45, 7) is 6.85. The molecule has 14 heavy (non-hydrogen) atoms. The molecule has 1 amide bonds. The van der Waals surface area contributed by atoms with Crippen molar-refractivity contribution in [2.24, 2.45) is 11.7 Å². The summed E-state index contributed by atoms with van der Waals surface area (Å²) in [5.74, 6) is 0.504. The third-order valence-corrected chi connectivity index (χ3v) is 2.09. The van der Waals surface area contributed by atoms with Crippen LogP contribution in [0.4, 0.5) is 0 Å². The summed E-state index contributed by atoms with van der Waals surface area (Å²) in [6.07, 6.45) is 5.78. The number of primary amides is 1. The summed E-state index contributed by atoms with van der Waals surface area (Å²) >= 11 is 0. The second-order valence-corrected chi connectivity index (χ2v) is 4.22. The van der Waals surface area contributed by atoms with Crippen LogP contribution in [0.2, 0.25) is 0 Å². The molecule has 1 fully saturated rings. The van der Waals surface area contributed by atoms with E-state index in [2.05, 4.69) is 19.6 Å². The highest BCUT2D eigenvalue weighted by Gasteiger charge is 2.14. The van der Waals surface area contributed by atoms with Crippen LogP contribution in [-0.2, 0) is 9.53 Å². The summed E-state index contributed by atoms with van der Waals surface area (Å²) in [7, 11) is 0. The smallest absolute Gasteiger partial charge is 0.214 e. The van der Waals surface area contributed by atoms with Gasteiger partial charge in [0, 0.05) is 13.5 Å². The maximum Gasteiger partial charge on any atom is 0.214 e. The first kappa shape index (κ1) is 13.4. The number of nitrogens with two attached hydrogens (primary N) is 1. The van der Waals surface area contributed by atoms with Gasteiger partial charge < -0.3 is 10.5 Å². The van der Waals surface area contributed by atoms with Gasteiger partial charge in [-0.05, 0) is 31.6 Å². The Bertz CT molecular complexity index is 147. The van der Waals surface area contributed by atoms with Crippen LogP contribution in [0.3, 0.4) is 0 Å². The van der Waals surface area contributed by atoms with Crippen molar-refractivity contribution in [2.45, 2.75) is 52.6 Å². The first-order chi connectivity index (χ1) is 6.52. The van der Waals surface area contributed by atoms with Gasteiger partial charge in [-0.2, -0.15) is 0 Å². The monoisotopic (exact) mass is 201 g/mol. The lowest BCUT2D eigenvalue weighted by atomic mass is 10.0. The van der Waals surface area contributed by atoms with Gasteiger partial charge in [-0.25, -0.2) is 0 Å². The zero-order chi connectivity index (χ0) is 11.0. The van der Waals surface area contributed by atoms with E-state index < -0.39 is 0 Å². The normalized spacial score (nSPS) is 20.4. The number of ether oxygens (including phenoxy) is 1. The molecule has 0 aliphatic carbocycles. The first-order valence-corrected chi connectivity index (χ1v) is 5.40. The standard InChI is InChI=1S/C9H18O.C2H5NO/c1-8(2)5-6-9-4-3-7-10-9;1-2(3)4/h8-9H,3-7H2,1-2H3;1H3,(H2,3,4). The highest BCUT2D eigenvalue weighted by atomic mass is 16.5. The predicted molar refractivity (Wildman–Crippen MR) is 57.9 cm³/mol. The zero-order valence-corrected chi connectivity index (χ0v) is 9.58. The summed E-state index contributed by atoms with van der Waals surface area (Å²) in [5, 5.41) is 0. The lowest BCUT2D eigenvalue weighted by molar-refractivity contribution is -0.115. The minimum absolute atomic E-state index is 0.333. The van der Waals surface area contributed by atoms with Gasteiger partial charge in [0.1, 0.15) is 0 Å². The Labute approximate surface area is 87.0 Å². The highest BCUT2D eigenvalue weighted by Crippen LogP contribution is 2.18. The van der Waals surface area contributed by atoms with Crippen molar-refractivity contribution in [3.8, 4) is 0 Å². The molecule has 1 aliphatic heterocycles. The predicted octanol–water partition coefficient (Wildman–Crippen LogP) is 2.09. The summed E-state index contributed by atoms with van der Waals surface area (Å²) in [6, 6.07) is 0. The van der Waals surface area contributed by atoms with E-state index >= 15 is 0 Å². The first-order valence-electron chi connectivity index (χ1n) is 5.40. The third kappa shape index (κ3) is 9.52. The summed E-state index contributed by atoms with van der Waals surface area (Å²) in [5.41, 5.74) is 4.47. The van der Waals surface area contributed by atoms with Crippen LogP contribution in [0.15, 0.2) is 0 Å². The van der Waals surface area contributed by atoms with Crippen LogP contribution in [-0.4, -0.2) is 18.6 Å². The molecule has 2 N–H and O–H groups in total. The van der Waals surface area contributed by atoms with Crippen LogP contribution in [0.5, 0.6) is 0 Å². The van der Waals surface area contributed by atoms with Crippen molar-refractivity contribution in [1.82, 2.24) is 0 Å². The molecule has 0 bridgehead atoms. The van der Waals surface area contributed by atoms with E-state index in [4.69, 9.17) is 4.74 Å². The Morgan fingerprint density at radius 2 is 2.14 bits per heavy atom. The molecular weight excluding hydrogens is 178 g/mol. The minimum Gasteiger partial charge on any atom is -0.378 e. The Morgan fingerprint density at radius 1 is 1.57 bits per heavy atom. The molecule has 1 unspecified atom stereocenters. The van der Waals surface area contributed by atoms with E-state index in [1.807, 2.05) is 0 Å². The summed E-state index contributed by atoms with van der Waals surface area (Å²) < 4.78 is 5.50. The molecule has 0 aromatic carbocycles. The molecular formula is C11H23NO2. The zero-order valence-electron chi connectivity index (χ0n) is 9.58. The van der Waals surface area contributed by atoms with E-state index in [-0.39, 0.29) is 5.91 Å². The third-order valence-electron chi connectivity index (χ3n) is 2.09. The van der Waals surface area contributed by atoms with Crippen LogP contribution in [0, 0.1) is 5.92 Å². The van der Waals surface area contributed by atoms with Crippen molar-refractivity contribution in [1.29, 1.82) is 0 Å². The lowest BCUT2D eigenvalue weighted by Gasteiger charge is -2.09. The van der Waals surface area contributed by atoms with Gasteiger partial charge in [-0.1, -0.05) is 13.8 Å². The Balaban J connectivity index is 0.000000364.